The molecule has 8 heteroatoms. The van der Waals surface area contributed by atoms with Crippen LogP contribution in [0.15, 0.2) is 9.59 Å². The molecular formula is C14H21N5O3. The lowest BCUT2D eigenvalue weighted by molar-refractivity contribution is 0.0214. The summed E-state index contributed by atoms with van der Waals surface area (Å²) in [5.41, 5.74) is -0.0849. The largest absolute Gasteiger partial charge is 0.376 e. The Bertz CT molecular complexity index is 797. The fourth-order valence-corrected chi connectivity index (χ4v) is 2.98. The molecule has 22 heavy (non-hydrogen) atoms. The van der Waals surface area contributed by atoms with Gasteiger partial charge in [-0.25, -0.2) is 4.79 Å². The maximum Gasteiger partial charge on any atom is 0.329 e. The molecule has 3 heterocycles. The summed E-state index contributed by atoms with van der Waals surface area (Å²) in [4.78, 5) is 32.5. The highest BCUT2D eigenvalue weighted by molar-refractivity contribution is 5.74. The molecule has 2 aromatic rings. The van der Waals surface area contributed by atoms with Gasteiger partial charge in [-0.2, -0.15) is 4.98 Å². The lowest BCUT2D eigenvalue weighted by Gasteiger charge is -2.27. The first-order valence-corrected chi connectivity index (χ1v) is 7.47. The number of anilines is 1. The van der Waals surface area contributed by atoms with Crippen LogP contribution in [-0.4, -0.2) is 45.4 Å². The summed E-state index contributed by atoms with van der Waals surface area (Å²) in [6.07, 6.45) is 3.51. The lowest BCUT2D eigenvalue weighted by atomic mass is 10.1. The lowest BCUT2D eigenvalue weighted by Crippen LogP contribution is -2.34. The molecule has 0 spiro atoms. The predicted molar refractivity (Wildman–Crippen MR) is 83.4 cm³/mol. The van der Waals surface area contributed by atoms with E-state index in [-0.39, 0.29) is 6.10 Å². The van der Waals surface area contributed by atoms with Crippen LogP contribution in [-0.2, 0) is 18.8 Å². The van der Waals surface area contributed by atoms with Gasteiger partial charge in [0.25, 0.3) is 5.56 Å². The van der Waals surface area contributed by atoms with Crippen molar-refractivity contribution in [2.75, 3.05) is 25.1 Å². The average molecular weight is 307 g/mol. The number of aromatic amines is 1. The van der Waals surface area contributed by atoms with Crippen molar-refractivity contribution in [3.8, 4) is 0 Å². The van der Waals surface area contributed by atoms with E-state index in [2.05, 4.69) is 9.97 Å². The first-order valence-electron chi connectivity index (χ1n) is 7.47. The number of likely N-dealkylation sites (N-methyl/N-ethyl adjacent to an activating group) is 1. The number of ether oxygens (including phenoxy) is 1. The van der Waals surface area contributed by atoms with Gasteiger partial charge in [0.2, 0.25) is 5.95 Å². The molecule has 1 atom stereocenters. The summed E-state index contributed by atoms with van der Waals surface area (Å²) in [6, 6.07) is 0. The third-order valence-corrected chi connectivity index (χ3v) is 4.20. The smallest absolute Gasteiger partial charge is 0.329 e. The molecule has 120 valence electrons. The van der Waals surface area contributed by atoms with Gasteiger partial charge < -0.3 is 14.2 Å². The molecule has 0 unspecified atom stereocenters. The van der Waals surface area contributed by atoms with Gasteiger partial charge in [-0.15, -0.1) is 0 Å². The summed E-state index contributed by atoms with van der Waals surface area (Å²) in [6.45, 7) is 1.51. The van der Waals surface area contributed by atoms with E-state index in [0.29, 0.717) is 23.7 Å². The number of H-pyrrole nitrogens is 1. The number of rotatable bonds is 3. The Labute approximate surface area is 127 Å². The summed E-state index contributed by atoms with van der Waals surface area (Å²) < 4.78 is 8.82. The Morgan fingerprint density at radius 1 is 1.32 bits per heavy atom. The van der Waals surface area contributed by atoms with Gasteiger partial charge in [0.15, 0.2) is 11.2 Å². The van der Waals surface area contributed by atoms with Crippen LogP contribution in [0.4, 0.5) is 5.95 Å². The molecule has 0 amide bonds. The van der Waals surface area contributed by atoms with E-state index in [1.54, 1.807) is 18.7 Å². The van der Waals surface area contributed by atoms with Gasteiger partial charge in [0.05, 0.1) is 6.10 Å². The van der Waals surface area contributed by atoms with E-state index >= 15 is 0 Å². The van der Waals surface area contributed by atoms with E-state index in [1.807, 2.05) is 11.9 Å². The van der Waals surface area contributed by atoms with Gasteiger partial charge in [0, 0.05) is 34.3 Å². The molecule has 0 aliphatic carbocycles. The summed E-state index contributed by atoms with van der Waals surface area (Å²) in [5, 5.41) is 0. The first-order chi connectivity index (χ1) is 10.5. The number of fused-ring (bicyclic) bond motifs is 1. The predicted octanol–water partition coefficient (Wildman–Crippen LogP) is -0.0344. The normalized spacial score (nSPS) is 18.8. The number of nitrogens with one attached hydrogen (secondary N) is 1. The minimum atomic E-state index is -0.458. The fourth-order valence-electron chi connectivity index (χ4n) is 2.98. The van der Waals surface area contributed by atoms with Crippen LogP contribution in [0.2, 0.25) is 0 Å². The molecule has 1 N–H and O–H groups in total. The Morgan fingerprint density at radius 3 is 2.77 bits per heavy atom. The fraction of sp³-hybridized carbons (Fsp3) is 0.643. The number of hydrogen-bond donors (Lipinski definition) is 1. The van der Waals surface area contributed by atoms with Gasteiger partial charge in [-0.05, 0) is 19.3 Å². The van der Waals surface area contributed by atoms with Crippen molar-refractivity contribution in [3.63, 3.8) is 0 Å². The van der Waals surface area contributed by atoms with Crippen molar-refractivity contribution in [1.29, 1.82) is 0 Å². The third-order valence-electron chi connectivity index (χ3n) is 4.20. The van der Waals surface area contributed by atoms with Gasteiger partial charge >= 0.3 is 5.69 Å². The van der Waals surface area contributed by atoms with Crippen molar-refractivity contribution >= 4 is 17.1 Å². The summed E-state index contributed by atoms with van der Waals surface area (Å²) in [7, 11) is 5.30. The number of nitrogens with zero attached hydrogens (tertiary/aromatic N) is 4. The maximum absolute atomic E-state index is 12.0. The van der Waals surface area contributed by atoms with Gasteiger partial charge in [-0.3, -0.25) is 14.3 Å². The van der Waals surface area contributed by atoms with Crippen LogP contribution in [0, 0.1) is 0 Å². The zero-order valence-electron chi connectivity index (χ0n) is 13.1. The van der Waals surface area contributed by atoms with E-state index < -0.39 is 11.2 Å². The molecule has 0 aromatic carbocycles. The van der Waals surface area contributed by atoms with Crippen LogP contribution in [0.25, 0.3) is 11.2 Å². The number of imidazole rings is 1. The van der Waals surface area contributed by atoms with Crippen LogP contribution >= 0.6 is 0 Å². The molecule has 1 saturated heterocycles. The molecule has 0 saturated carbocycles. The molecular weight excluding hydrogens is 286 g/mol. The van der Waals surface area contributed by atoms with Crippen molar-refractivity contribution < 1.29 is 4.74 Å². The highest BCUT2D eigenvalue weighted by Crippen LogP contribution is 2.19. The van der Waals surface area contributed by atoms with Crippen molar-refractivity contribution in [2.24, 2.45) is 14.1 Å². The standard InChI is InChI=1S/C14H21N5O3/c1-17(8-9-6-4-5-7-22-9)13-15-11-10(18(13)2)12(20)16-14(21)19(11)3/h9H,4-8H2,1-3H3,(H,16,20,21)/t9-/m0/s1. The van der Waals surface area contributed by atoms with Crippen molar-refractivity contribution in [2.45, 2.75) is 25.4 Å². The Morgan fingerprint density at radius 2 is 2.09 bits per heavy atom. The third kappa shape index (κ3) is 2.43. The van der Waals surface area contributed by atoms with Crippen LogP contribution in [0.5, 0.6) is 0 Å². The van der Waals surface area contributed by atoms with E-state index in [1.165, 1.54) is 11.0 Å². The summed E-state index contributed by atoms with van der Waals surface area (Å²) in [5.74, 6) is 0.649. The minimum absolute atomic E-state index is 0.181. The molecule has 1 aliphatic heterocycles. The highest BCUT2D eigenvalue weighted by atomic mass is 16.5. The van der Waals surface area contributed by atoms with Crippen LogP contribution < -0.4 is 16.1 Å². The molecule has 1 aliphatic rings. The second kappa shape index (κ2) is 5.60. The molecule has 1 fully saturated rings. The molecule has 3 rings (SSSR count). The average Bonchev–Trinajstić information content (AvgIpc) is 2.84. The highest BCUT2D eigenvalue weighted by Gasteiger charge is 2.21. The topological polar surface area (TPSA) is 85.2 Å². The Balaban J connectivity index is 1.98. The monoisotopic (exact) mass is 307 g/mol. The van der Waals surface area contributed by atoms with Crippen molar-refractivity contribution in [1.82, 2.24) is 19.1 Å². The van der Waals surface area contributed by atoms with E-state index in [4.69, 9.17) is 4.74 Å². The second-order valence-corrected chi connectivity index (χ2v) is 5.83. The maximum atomic E-state index is 12.0. The summed E-state index contributed by atoms with van der Waals surface area (Å²) >= 11 is 0. The van der Waals surface area contributed by atoms with Gasteiger partial charge in [0.1, 0.15) is 0 Å². The molecule has 0 radical (unpaired) electrons. The zero-order valence-corrected chi connectivity index (χ0v) is 13.1. The van der Waals surface area contributed by atoms with E-state index in [9.17, 15) is 9.59 Å². The quantitative estimate of drug-likeness (QED) is 0.860. The molecule has 0 bridgehead atoms. The zero-order chi connectivity index (χ0) is 15.9. The van der Waals surface area contributed by atoms with Crippen LogP contribution in [0.3, 0.4) is 0 Å². The minimum Gasteiger partial charge on any atom is -0.376 e. The first kappa shape index (κ1) is 14.8. The van der Waals surface area contributed by atoms with Crippen LogP contribution in [0.1, 0.15) is 19.3 Å². The SMILES string of the molecule is CN(C[C@@H]1CCCCO1)c1nc2c(c(=O)[nH]c(=O)n2C)n1C. The Kier molecular flexibility index (Phi) is 3.78. The van der Waals surface area contributed by atoms with Gasteiger partial charge in [-0.1, -0.05) is 0 Å². The number of aryl methyl sites for hydroxylation is 2. The number of aromatic nitrogens is 4. The second-order valence-electron chi connectivity index (χ2n) is 5.83. The van der Waals surface area contributed by atoms with E-state index in [0.717, 1.165) is 19.4 Å². The molecule has 8 nitrogen and oxygen atoms in total. The number of hydrogen-bond acceptors (Lipinski definition) is 5. The Hall–Kier alpha value is -2.09. The molecule has 2 aromatic heterocycles. The van der Waals surface area contributed by atoms with Crippen molar-refractivity contribution in [3.05, 3.63) is 20.8 Å².